The number of hydrogen-bond acceptors (Lipinski definition) is 6. The lowest BCUT2D eigenvalue weighted by molar-refractivity contribution is -0.117. The molecule has 1 fully saturated rings. The van der Waals surface area contributed by atoms with Crippen LogP contribution in [0.5, 0.6) is 0 Å². The van der Waals surface area contributed by atoms with Crippen LogP contribution in [0.1, 0.15) is 42.9 Å². The van der Waals surface area contributed by atoms with E-state index in [2.05, 4.69) is 38.5 Å². The van der Waals surface area contributed by atoms with Gasteiger partial charge in [-0.05, 0) is 19.1 Å². The molecular formula is C23H33N5O3. The van der Waals surface area contributed by atoms with Crippen LogP contribution in [0, 0.1) is 0 Å². The van der Waals surface area contributed by atoms with Gasteiger partial charge in [-0.3, -0.25) is 14.6 Å². The maximum Gasteiger partial charge on any atom is 0.340 e. The Bertz CT molecular complexity index is 872. The molecule has 1 aromatic carbocycles. The summed E-state index contributed by atoms with van der Waals surface area (Å²) in [6.07, 6.45) is 3.91. The number of anilines is 1. The van der Waals surface area contributed by atoms with Crippen molar-refractivity contribution in [2.45, 2.75) is 33.2 Å². The molecule has 3 rings (SSSR count). The Labute approximate surface area is 184 Å². The molecule has 0 radical (unpaired) electrons. The van der Waals surface area contributed by atoms with Crippen molar-refractivity contribution in [1.29, 1.82) is 0 Å². The van der Waals surface area contributed by atoms with Crippen molar-refractivity contribution in [3.8, 4) is 0 Å². The number of imidazole rings is 1. The zero-order valence-corrected chi connectivity index (χ0v) is 18.7. The van der Waals surface area contributed by atoms with Crippen LogP contribution in [0.2, 0.25) is 0 Å². The standard InChI is InChI=1S/C23H33N5O3/c1-4-31-23(30)19-7-5-6-8-20(19)25-21(29)17-27-13-11-26(12-14-27)15-16-28-10-9-24-22(28)18(2)3/h5-10,18H,4,11-17H2,1-3H3,(H,25,29). The number of esters is 1. The lowest BCUT2D eigenvalue weighted by atomic mass is 10.2. The highest BCUT2D eigenvalue weighted by atomic mass is 16.5. The van der Waals surface area contributed by atoms with Crippen molar-refractivity contribution in [2.24, 2.45) is 0 Å². The lowest BCUT2D eigenvalue weighted by Gasteiger charge is -2.34. The van der Waals surface area contributed by atoms with E-state index >= 15 is 0 Å². The monoisotopic (exact) mass is 427 g/mol. The molecule has 8 heteroatoms. The number of amides is 1. The van der Waals surface area contributed by atoms with Crippen LogP contribution in [-0.2, 0) is 16.1 Å². The van der Waals surface area contributed by atoms with Gasteiger partial charge in [-0.1, -0.05) is 26.0 Å². The zero-order chi connectivity index (χ0) is 22.2. The Morgan fingerprint density at radius 3 is 2.52 bits per heavy atom. The number of ether oxygens (including phenoxy) is 1. The van der Waals surface area contributed by atoms with Crippen molar-refractivity contribution < 1.29 is 14.3 Å². The second-order valence-corrected chi connectivity index (χ2v) is 8.07. The number of nitrogens with zero attached hydrogens (tertiary/aromatic N) is 4. The number of nitrogens with one attached hydrogen (secondary N) is 1. The molecule has 0 bridgehead atoms. The molecule has 0 unspecified atom stereocenters. The molecule has 1 N–H and O–H groups in total. The Morgan fingerprint density at radius 1 is 1.10 bits per heavy atom. The second-order valence-electron chi connectivity index (χ2n) is 8.07. The fourth-order valence-corrected chi connectivity index (χ4v) is 3.80. The fraction of sp³-hybridized carbons (Fsp3) is 0.522. The first-order chi connectivity index (χ1) is 15.0. The van der Waals surface area contributed by atoms with E-state index < -0.39 is 5.97 Å². The van der Waals surface area contributed by atoms with E-state index in [0.717, 1.165) is 45.1 Å². The van der Waals surface area contributed by atoms with Crippen LogP contribution in [0.4, 0.5) is 5.69 Å². The van der Waals surface area contributed by atoms with Crippen LogP contribution in [0.3, 0.4) is 0 Å². The van der Waals surface area contributed by atoms with Gasteiger partial charge < -0.3 is 14.6 Å². The molecule has 2 heterocycles. The molecule has 1 saturated heterocycles. The van der Waals surface area contributed by atoms with Gasteiger partial charge in [-0.25, -0.2) is 9.78 Å². The third kappa shape index (κ3) is 6.38. The molecule has 1 amide bonds. The molecule has 0 spiro atoms. The highest BCUT2D eigenvalue weighted by molar-refractivity contribution is 6.01. The summed E-state index contributed by atoms with van der Waals surface area (Å²) >= 11 is 0. The summed E-state index contributed by atoms with van der Waals surface area (Å²) in [6.45, 7) is 12.1. The molecule has 8 nitrogen and oxygen atoms in total. The molecule has 31 heavy (non-hydrogen) atoms. The summed E-state index contributed by atoms with van der Waals surface area (Å²) in [5.74, 6) is 0.994. The highest BCUT2D eigenvalue weighted by Crippen LogP contribution is 2.16. The molecule has 0 saturated carbocycles. The Morgan fingerprint density at radius 2 is 1.81 bits per heavy atom. The number of para-hydroxylation sites is 1. The quantitative estimate of drug-likeness (QED) is 0.619. The number of carbonyl (C=O) groups excluding carboxylic acids is 2. The average Bonchev–Trinajstić information content (AvgIpc) is 3.23. The van der Waals surface area contributed by atoms with Gasteiger partial charge >= 0.3 is 5.97 Å². The van der Waals surface area contributed by atoms with Gasteiger partial charge in [0.1, 0.15) is 5.82 Å². The fourth-order valence-electron chi connectivity index (χ4n) is 3.80. The minimum atomic E-state index is -0.425. The van der Waals surface area contributed by atoms with E-state index in [-0.39, 0.29) is 5.91 Å². The Kier molecular flexibility index (Phi) is 8.20. The molecular weight excluding hydrogens is 394 g/mol. The summed E-state index contributed by atoms with van der Waals surface area (Å²) in [5.41, 5.74) is 0.869. The predicted octanol–water partition coefficient (Wildman–Crippen LogP) is 2.44. The molecule has 2 aromatic rings. The lowest BCUT2D eigenvalue weighted by Crippen LogP contribution is -2.49. The highest BCUT2D eigenvalue weighted by Gasteiger charge is 2.20. The number of aromatic nitrogens is 2. The van der Waals surface area contributed by atoms with Crippen LogP contribution < -0.4 is 5.32 Å². The van der Waals surface area contributed by atoms with Gasteiger partial charge in [0.25, 0.3) is 0 Å². The maximum atomic E-state index is 12.5. The van der Waals surface area contributed by atoms with Crippen molar-refractivity contribution in [1.82, 2.24) is 19.4 Å². The van der Waals surface area contributed by atoms with E-state index in [9.17, 15) is 9.59 Å². The van der Waals surface area contributed by atoms with Crippen LogP contribution in [0.25, 0.3) is 0 Å². The first-order valence-electron chi connectivity index (χ1n) is 11.0. The number of piperazine rings is 1. The van der Waals surface area contributed by atoms with Gasteiger partial charge in [0, 0.05) is 57.6 Å². The van der Waals surface area contributed by atoms with E-state index in [1.165, 1.54) is 0 Å². The summed E-state index contributed by atoms with van der Waals surface area (Å²) in [5, 5.41) is 2.86. The smallest absolute Gasteiger partial charge is 0.340 e. The second kappa shape index (κ2) is 11.1. The van der Waals surface area contributed by atoms with E-state index in [4.69, 9.17) is 4.74 Å². The average molecular weight is 428 g/mol. The van der Waals surface area contributed by atoms with Crippen LogP contribution in [-0.4, -0.2) is 77.1 Å². The van der Waals surface area contributed by atoms with Crippen LogP contribution >= 0.6 is 0 Å². The van der Waals surface area contributed by atoms with E-state index in [0.29, 0.717) is 30.3 Å². The number of benzene rings is 1. The minimum Gasteiger partial charge on any atom is -0.462 e. The minimum absolute atomic E-state index is 0.120. The van der Waals surface area contributed by atoms with Crippen molar-refractivity contribution >= 4 is 17.6 Å². The number of rotatable bonds is 9. The van der Waals surface area contributed by atoms with Crippen molar-refractivity contribution in [2.75, 3.05) is 51.2 Å². The molecule has 1 aliphatic rings. The van der Waals surface area contributed by atoms with E-state index in [1.807, 2.05) is 12.4 Å². The Hall–Kier alpha value is -2.71. The first kappa shape index (κ1) is 23.0. The Balaban J connectivity index is 1.44. The van der Waals surface area contributed by atoms with Crippen molar-refractivity contribution in [3.05, 3.63) is 48.0 Å². The largest absolute Gasteiger partial charge is 0.462 e. The summed E-state index contributed by atoms with van der Waals surface area (Å²) < 4.78 is 7.30. The third-order valence-corrected chi connectivity index (χ3v) is 5.45. The predicted molar refractivity (Wildman–Crippen MR) is 120 cm³/mol. The van der Waals surface area contributed by atoms with Crippen LogP contribution in [0.15, 0.2) is 36.7 Å². The SMILES string of the molecule is CCOC(=O)c1ccccc1NC(=O)CN1CCN(CCn2ccnc2C(C)C)CC1. The summed E-state index contributed by atoms with van der Waals surface area (Å²) in [7, 11) is 0. The third-order valence-electron chi connectivity index (χ3n) is 5.45. The molecule has 0 atom stereocenters. The van der Waals surface area contributed by atoms with Gasteiger partial charge in [0.15, 0.2) is 0 Å². The number of carbonyl (C=O) groups is 2. The molecule has 1 aliphatic heterocycles. The molecule has 168 valence electrons. The molecule has 0 aliphatic carbocycles. The van der Waals surface area contributed by atoms with E-state index in [1.54, 1.807) is 31.2 Å². The normalized spacial score (nSPS) is 15.2. The van der Waals surface area contributed by atoms with Gasteiger partial charge in [0.05, 0.1) is 24.4 Å². The van der Waals surface area contributed by atoms with Crippen molar-refractivity contribution in [3.63, 3.8) is 0 Å². The summed E-state index contributed by atoms with van der Waals surface area (Å²) in [4.78, 5) is 33.7. The molecule has 1 aromatic heterocycles. The van der Waals surface area contributed by atoms with Gasteiger partial charge in [-0.15, -0.1) is 0 Å². The first-order valence-corrected chi connectivity index (χ1v) is 11.0. The summed E-state index contributed by atoms with van der Waals surface area (Å²) in [6, 6.07) is 6.94. The maximum absolute atomic E-state index is 12.5. The number of hydrogen-bond donors (Lipinski definition) is 1. The van der Waals surface area contributed by atoms with Gasteiger partial charge in [0.2, 0.25) is 5.91 Å². The zero-order valence-electron chi connectivity index (χ0n) is 18.7. The van der Waals surface area contributed by atoms with Gasteiger partial charge in [-0.2, -0.15) is 0 Å². The topological polar surface area (TPSA) is 79.7 Å².